The van der Waals surface area contributed by atoms with Crippen LogP contribution in [0.15, 0.2) is 36.4 Å². The fourth-order valence-corrected chi connectivity index (χ4v) is 1.51. The normalized spacial score (nSPS) is 10.2. The van der Waals surface area contributed by atoms with Gasteiger partial charge in [0.05, 0.1) is 5.56 Å². The number of nitrogens with one attached hydrogen (secondary N) is 1. The van der Waals surface area contributed by atoms with Gasteiger partial charge in [-0.3, -0.25) is 4.79 Å². The number of nitrogens with two attached hydrogens (primary N) is 1. The van der Waals surface area contributed by atoms with Crippen LogP contribution in [0, 0.1) is 11.6 Å². The lowest BCUT2D eigenvalue weighted by Crippen LogP contribution is -2.14. The first-order valence-electron chi connectivity index (χ1n) is 5.32. The van der Waals surface area contributed by atoms with Gasteiger partial charge in [-0.1, -0.05) is 0 Å². The molecule has 2 aromatic rings. The average Bonchev–Trinajstić information content (AvgIpc) is 2.36. The lowest BCUT2D eigenvalue weighted by atomic mass is 10.1. The van der Waals surface area contributed by atoms with Crippen LogP contribution in [0.5, 0.6) is 5.75 Å². The Morgan fingerprint density at radius 3 is 2.53 bits per heavy atom. The van der Waals surface area contributed by atoms with Gasteiger partial charge in [-0.05, 0) is 30.3 Å². The summed E-state index contributed by atoms with van der Waals surface area (Å²) in [5.74, 6) is -2.82. The maximum absolute atomic E-state index is 13.0. The topological polar surface area (TPSA) is 75.3 Å². The number of carbonyl (C=O) groups excluding carboxylic acids is 1. The molecule has 2 aromatic carbocycles. The molecule has 0 saturated heterocycles. The summed E-state index contributed by atoms with van der Waals surface area (Å²) in [5, 5.41) is 11.6. The van der Waals surface area contributed by atoms with E-state index < -0.39 is 17.5 Å². The Kier molecular flexibility index (Phi) is 3.33. The number of nitrogen functional groups attached to an aromatic ring is 1. The molecule has 6 heteroatoms. The van der Waals surface area contributed by atoms with Gasteiger partial charge < -0.3 is 16.2 Å². The van der Waals surface area contributed by atoms with E-state index in [0.717, 1.165) is 12.1 Å². The van der Waals surface area contributed by atoms with Crippen LogP contribution in [0.2, 0.25) is 0 Å². The molecule has 0 atom stereocenters. The monoisotopic (exact) mass is 264 g/mol. The minimum atomic E-state index is -1.07. The number of hydrogen-bond acceptors (Lipinski definition) is 3. The third kappa shape index (κ3) is 2.79. The zero-order chi connectivity index (χ0) is 14.0. The summed E-state index contributed by atoms with van der Waals surface area (Å²) in [6.07, 6.45) is 0. The molecule has 0 fully saturated rings. The van der Waals surface area contributed by atoms with E-state index in [0.29, 0.717) is 0 Å². The van der Waals surface area contributed by atoms with Crippen molar-refractivity contribution >= 4 is 17.3 Å². The quantitative estimate of drug-likeness (QED) is 0.576. The molecule has 0 saturated carbocycles. The molecule has 0 spiro atoms. The lowest BCUT2D eigenvalue weighted by Gasteiger charge is -2.08. The van der Waals surface area contributed by atoms with E-state index in [1.807, 2.05) is 0 Å². The lowest BCUT2D eigenvalue weighted by molar-refractivity contribution is 0.102. The van der Waals surface area contributed by atoms with Gasteiger partial charge in [0.15, 0.2) is 11.6 Å². The molecule has 0 heterocycles. The number of phenols is 1. The smallest absolute Gasteiger partial charge is 0.257 e. The van der Waals surface area contributed by atoms with E-state index in [1.54, 1.807) is 0 Å². The molecule has 2 rings (SSSR count). The van der Waals surface area contributed by atoms with Crippen molar-refractivity contribution in [1.82, 2.24) is 0 Å². The van der Waals surface area contributed by atoms with Gasteiger partial charge in [0.25, 0.3) is 5.91 Å². The summed E-state index contributed by atoms with van der Waals surface area (Å²) in [5.41, 5.74) is 5.89. The Morgan fingerprint density at radius 1 is 1.11 bits per heavy atom. The fourth-order valence-electron chi connectivity index (χ4n) is 1.51. The average molecular weight is 264 g/mol. The van der Waals surface area contributed by atoms with Crippen LogP contribution in [0.3, 0.4) is 0 Å². The molecule has 0 unspecified atom stereocenters. The Labute approximate surface area is 107 Å². The van der Waals surface area contributed by atoms with Crippen molar-refractivity contribution in [3.63, 3.8) is 0 Å². The maximum atomic E-state index is 13.0. The minimum absolute atomic E-state index is 0.0460. The number of hydrogen-bond donors (Lipinski definition) is 3. The van der Waals surface area contributed by atoms with Crippen molar-refractivity contribution in [1.29, 1.82) is 0 Å². The van der Waals surface area contributed by atoms with Crippen molar-refractivity contribution in [2.24, 2.45) is 0 Å². The molecular formula is C13H10F2N2O2. The second-order valence-electron chi connectivity index (χ2n) is 3.85. The second-order valence-corrected chi connectivity index (χ2v) is 3.85. The third-order valence-corrected chi connectivity index (χ3v) is 2.46. The van der Waals surface area contributed by atoms with Crippen LogP contribution in [0.25, 0.3) is 0 Å². The summed E-state index contributed by atoms with van der Waals surface area (Å²) in [7, 11) is 0. The first-order valence-corrected chi connectivity index (χ1v) is 5.32. The van der Waals surface area contributed by atoms with Gasteiger partial charge in [0, 0.05) is 17.4 Å². The van der Waals surface area contributed by atoms with Crippen molar-refractivity contribution in [2.75, 3.05) is 11.1 Å². The minimum Gasteiger partial charge on any atom is -0.508 e. The van der Waals surface area contributed by atoms with Crippen LogP contribution < -0.4 is 11.1 Å². The van der Waals surface area contributed by atoms with E-state index in [9.17, 15) is 18.7 Å². The number of aromatic hydroxyl groups is 1. The molecule has 0 aliphatic rings. The number of anilines is 2. The highest BCUT2D eigenvalue weighted by atomic mass is 19.2. The van der Waals surface area contributed by atoms with E-state index in [-0.39, 0.29) is 22.7 Å². The summed E-state index contributed by atoms with van der Waals surface area (Å²) in [6, 6.07) is 6.86. The first-order chi connectivity index (χ1) is 8.97. The zero-order valence-corrected chi connectivity index (χ0v) is 9.65. The first kappa shape index (κ1) is 12.8. The number of phenolic OH excluding ortho intramolecular Hbond substituents is 1. The van der Waals surface area contributed by atoms with Crippen molar-refractivity contribution in [3.8, 4) is 5.75 Å². The highest BCUT2D eigenvalue weighted by molar-refractivity contribution is 6.07. The molecule has 0 aromatic heterocycles. The molecule has 0 aliphatic carbocycles. The molecule has 0 radical (unpaired) electrons. The third-order valence-electron chi connectivity index (χ3n) is 2.46. The number of carbonyl (C=O) groups is 1. The van der Waals surface area contributed by atoms with E-state index in [1.165, 1.54) is 24.3 Å². The molecule has 4 N–H and O–H groups in total. The van der Waals surface area contributed by atoms with Crippen LogP contribution >= 0.6 is 0 Å². The zero-order valence-electron chi connectivity index (χ0n) is 9.65. The van der Waals surface area contributed by atoms with Gasteiger partial charge in [-0.25, -0.2) is 8.78 Å². The predicted octanol–water partition coefficient (Wildman–Crippen LogP) is 2.50. The molecule has 0 bridgehead atoms. The fraction of sp³-hybridized carbons (Fsp3) is 0. The van der Waals surface area contributed by atoms with Gasteiger partial charge >= 0.3 is 0 Å². The van der Waals surface area contributed by atoms with Gasteiger partial charge in [-0.15, -0.1) is 0 Å². The molecule has 4 nitrogen and oxygen atoms in total. The summed E-state index contributed by atoms with van der Waals surface area (Å²) >= 11 is 0. The van der Waals surface area contributed by atoms with Gasteiger partial charge in [0.2, 0.25) is 0 Å². The molecule has 98 valence electrons. The van der Waals surface area contributed by atoms with Crippen molar-refractivity contribution in [2.45, 2.75) is 0 Å². The summed E-state index contributed by atoms with van der Waals surface area (Å²) < 4.78 is 25.7. The standard InChI is InChI=1S/C13H10F2N2O2/c14-10-3-1-7(5-11(10)15)17-13(19)9-6-8(18)2-4-12(9)16/h1-6,18H,16H2,(H,17,19). The molecule has 19 heavy (non-hydrogen) atoms. The van der Waals surface area contributed by atoms with Crippen LogP contribution in [-0.4, -0.2) is 11.0 Å². The highest BCUT2D eigenvalue weighted by Crippen LogP contribution is 2.20. The second kappa shape index (κ2) is 4.93. The Balaban J connectivity index is 2.25. The number of rotatable bonds is 2. The van der Waals surface area contributed by atoms with Gasteiger partial charge in [0.1, 0.15) is 5.75 Å². The number of amides is 1. The van der Waals surface area contributed by atoms with Crippen LogP contribution in [-0.2, 0) is 0 Å². The summed E-state index contributed by atoms with van der Waals surface area (Å²) in [4.78, 5) is 11.9. The van der Waals surface area contributed by atoms with Crippen molar-refractivity contribution in [3.05, 3.63) is 53.6 Å². The van der Waals surface area contributed by atoms with E-state index in [4.69, 9.17) is 5.73 Å². The molecule has 0 aliphatic heterocycles. The largest absolute Gasteiger partial charge is 0.508 e. The maximum Gasteiger partial charge on any atom is 0.257 e. The number of halogens is 2. The summed E-state index contributed by atoms with van der Waals surface area (Å²) in [6.45, 7) is 0. The molecular weight excluding hydrogens is 254 g/mol. The number of benzene rings is 2. The van der Waals surface area contributed by atoms with Crippen molar-refractivity contribution < 1.29 is 18.7 Å². The van der Waals surface area contributed by atoms with Gasteiger partial charge in [-0.2, -0.15) is 0 Å². The Hall–Kier alpha value is -2.63. The highest BCUT2D eigenvalue weighted by Gasteiger charge is 2.12. The molecule has 1 amide bonds. The predicted molar refractivity (Wildman–Crippen MR) is 66.8 cm³/mol. The van der Waals surface area contributed by atoms with E-state index >= 15 is 0 Å². The van der Waals surface area contributed by atoms with E-state index in [2.05, 4.69) is 5.32 Å². The Morgan fingerprint density at radius 2 is 1.84 bits per heavy atom. The van der Waals surface area contributed by atoms with Crippen LogP contribution in [0.1, 0.15) is 10.4 Å². The van der Waals surface area contributed by atoms with Crippen LogP contribution in [0.4, 0.5) is 20.2 Å². The Bertz CT molecular complexity index is 645. The SMILES string of the molecule is Nc1ccc(O)cc1C(=O)Nc1ccc(F)c(F)c1.